The monoisotopic (exact) mass is 345 g/mol. The Morgan fingerprint density at radius 1 is 0.667 bits per heavy atom. The van der Waals surface area contributed by atoms with E-state index in [1.165, 1.54) is 0 Å². The third-order valence-electron chi connectivity index (χ3n) is 1.26. The number of rotatable bonds is 10. The SMILES string of the molecule is C.C.C.C.OCCOCC[N-]CCOCCO.[Y]. The van der Waals surface area contributed by atoms with Crippen molar-refractivity contribution in [1.82, 2.24) is 0 Å². The fraction of sp³-hybridized carbons (Fsp3) is 1.00. The van der Waals surface area contributed by atoms with Crippen molar-refractivity contribution in [3.63, 3.8) is 0 Å². The van der Waals surface area contributed by atoms with Crippen LogP contribution < -0.4 is 0 Å². The molecule has 0 amide bonds. The predicted octanol–water partition coefficient (Wildman–Crippen LogP) is 1.92. The van der Waals surface area contributed by atoms with E-state index in [0.29, 0.717) is 39.5 Å². The van der Waals surface area contributed by atoms with Crippen LogP contribution in [0.25, 0.3) is 5.32 Å². The molecule has 1 radical (unpaired) electrons. The average molecular weight is 345 g/mol. The third-order valence-corrected chi connectivity index (χ3v) is 1.26. The van der Waals surface area contributed by atoms with Crippen LogP contribution in [0.1, 0.15) is 29.7 Å². The maximum absolute atomic E-state index is 8.37. The van der Waals surface area contributed by atoms with Crippen LogP contribution in [0.3, 0.4) is 0 Å². The van der Waals surface area contributed by atoms with Gasteiger partial charge >= 0.3 is 0 Å². The maximum Gasteiger partial charge on any atom is 0.0696 e. The number of aliphatic hydroxyl groups excluding tert-OH is 2. The summed E-state index contributed by atoms with van der Waals surface area (Å²) in [5.41, 5.74) is 0. The molecule has 0 bridgehead atoms. The van der Waals surface area contributed by atoms with E-state index in [9.17, 15) is 0 Å². The average Bonchev–Trinajstić information content (AvgIpc) is 2.16. The Kier molecular flexibility index (Phi) is 73.0. The van der Waals surface area contributed by atoms with Gasteiger partial charge in [-0.1, -0.05) is 29.7 Å². The maximum atomic E-state index is 8.37. The minimum atomic E-state index is 0. The second-order valence-corrected chi connectivity index (χ2v) is 2.34. The van der Waals surface area contributed by atoms with Gasteiger partial charge in [0.15, 0.2) is 0 Å². The molecule has 0 saturated heterocycles. The summed E-state index contributed by atoms with van der Waals surface area (Å²) in [4.78, 5) is 0. The molecule has 0 aliphatic rings. The van der Waals surface area contributed by atoms with E-state index in [1.54, 1.807) is 0 Å². The van der Waals surface area contributed by atoms with E-state index < -0.39 is 0 Å². The summed E-state index contributed by atoms with van der Waals surface area (Å²) in [7, 11) is 0. The molecule has 115 valence electrons. The molecule has 0 spiro atoms. The smallest absolute Gasteiger partial charge is 0.0696 e. The molecule has 2 N–H and O–H groups in total. The van der Waals surface area contributed by atoms with Gasteiger partial charge in [-0.2, -0.15) is 0 Å². The van der Waals surface area contributed by atoms with Crippen LogP contribution in [0.4, 0.5) is 0 Å². The minimum absolute atomic E-state index is 0. The van der Waals surface area contributed by atoms with Gasteiger partial charge < -0.3 is 25.0 Å². The number of hydrogen-bond donors (Lipinski definition) is 2. The van der Waals surface area contributed by atoms with Gasteiger partial charge in [-0.25, -0.2) is 0 Å². The minimum Gasteiger partial charge on any atom is -0.659 e. The zero-order valence-electron chi connectivity index (χ0n) is 8.39. The summed E-state index contributed by atoms with van der Waals surface area (Å²) in [5, 5.41) is 20.8. The summed E-state index contributed by atoms with van der Waals surface area (Å²) in [6.45, 7) is 3.19. The quantitative estimate of drug-likeness (QED) is 0.594. The van der Waals surface area contributed by atoms with E-state index in [4.69, 9.17) is 19.7 Å². The Labute approximate surface area is 140 Å². The summed E-state index contributed by atoms with van der Waals surface area (Å²) < 4.78 is 9.97. The van der Waals surface area contributed by atoms with Gasteiger partial charge in [-0.3, -0.25) is 0 Å². The number of ether oxygens (including phenoxy) is 2. The molecule has 6 heteroatoms. The zero-order chi connectivity index (χ0) is 9.78. The van der Waals surface area contributed by atoms with Gasteiger partial charge in [0.05, 0.1) is 26.4 Å². The van der Waals surface area contributed by atoms with Gasteiger partial charge in [0, 0.05) is 45.9 Å². The molecule has 0 saturated carbocycles. The molecule has 0 atom stereocenters. The predicted molar refractivity (Wildman–Crippen MR) is 75.8 cm³/mol. The third kappa shape index (κ3) is 36.0. The summed E-state index contributed by atoms with van der Waals surface area (Å²) in [6, 6.07) is 0. The molecule has 0 unspecified atom stereocenters. The molecule has 5 nitrogen and oxygen atoms in total. The van der Waals surface area contributed by atoms with Gasteiger partial charge in [-0.15, -0.1) is 13.1 Å². The Balaban J connectivity index is -0.0000000720. The fourth-order valence-electron chi connectivity index (χ4n) is 0.703. The second kappa shape index (κ2) is 36.1. The molecule has 0 aromatic rings. The van der Waals surface area contributed by atoms with Gasteiger partial charge in [-0.05, 0) is 0 Å². The summed E-state index contributed by atoms with van der Waals surface area (Å²) in [5.74, 6) is 0. The normalized spacial score (nSPS) is 7.67. The van der Waals surface area contributed by atoms with Crippen molar-refractivity contribution in [2.75, 3.05) is 52.7 Å². The van der Waals surface area contributed by atoms with Gasteiger partial charge in [0.25, 0.3) is 0 Å². The molecular weight excluding hydrogens is 311 g/mol. The van der Waals surface area contributed by atoms with Crippen molar-refractivity contribution in [3.8, 4) is 0 Å². The van der Waals surface area contributed by atoms with Gasteiger partial charge in [0.2, 0.25) is 0 Å². The van der Waals surface area contributed by atoms with Crippen molar-refractivity contribution in [3.05, 3.63) is 5.32 Å². The Morgan fingerprint density at radius 2 is 1.00 bits per heavy atom. The van der Waals surface area contributed by atoms with Crippen molar-refractivity contribution in [2.24, 2.45) is 0 Å². The molecule has 0 rings (SSSR count). The number of aliphatic hydroxyl groups is 2. The molecule has 0 aliphatic heterocycles. The van der Waals surface area contributed by atoms with Gasteiger partial charge in [0.1, 0.15) is 0 Å². The first-order valence-electron chi connectivity index (χ1n) is 4.42. The molecule has 0 fully saturated rings. The topological polar surface area (TPSA) is 73.0 Å². The van der Waals surface area contributed by atoms with Crippen molar-refractivity contribution < 1.29 is 52.4 Å². The van der Waals surface area contributed by atoms with Crippen molar-refractivity contribution in [2.45, 2.75) is 29.7 Å². The first kappa shape index (κ1) is 36.4. The fourth-order valence-corrected chi connectivity index (χ4v) is 0.703. The molecule has 0 aromatic heterocycles. The molecule has 0 heterocycles. The van der Waals surface area contributed by atoms with Crippen LogP contribution in [0.2, 0.25) is 0 Å². The first-order valence-corrected chi connectivity index (χ1v) is 4.42. The van der Waals surface area contributed by atoms with E-state index in [-0.39, 0.29) is 75.6 Å². The van der Waals surface area contributed by atoms with Crippen molar-refractivity contribution in [1.29, 1.82) is 0 Å². The Bertz CT molecular complexity index is 90.1. The number of hydrogen-bond acceptors (Lipinski definition) is 4. The van der Waals surface area contributed by atoms with Crippen LogP contribution in [0.15, 0.2) is 0 Å². The van der Waals surface area contributed by atoms with E-state index in [2.05, 4.69) is 5.32 Å². The van der Waals surface area contributed by atoms with Crippen LogP contribution in [0, 0.1) is 0 Å². The molecule has 0 aliphatic carbocycles. The summed E-state index contributed by atoms with van der Waals surface area (Å²) in [6.07, 6.45) is 0. The van der Waals surface area contributed by atoms with E-state index in [0.717, 1.165) is 0 Å². The van der Waals surface area contributed by atoms with E-state index >= 15 is 0 Å². The van der Waals surface area contributed by atoms with Crippen LogP contribution in [0.5, 0.6) is 0 Å². The zero-order valence-corrected chi connectivity index (χ0v) is 11.2. The first-order chi connectivity index (χ1) is 6.41. The molecule has 0 aromatic carbocycles. The van der Waals surface area contributed by atoms with Crippen molar-refractivity contribution >= 4 is 0 Å². The molecule has 18 heavy (non-hydrogen) atoms. The van der Waals surface area contributed by atoms with Crippen LogP contribution >= 0.6 is 0 Å². The number of nitrogens with zero attached hydrogens (tertiary/aromatic N) is 1. The molecular formula is C12H34NO4Y-. The second-order valence-electron chi connectivity index (χ2n) is 2.34. The Morgan fingerprint density at radius 3 is 1.28 bits per heavy atom. The standard InChI is InChI=1S/C8H18NO4.4CH4.Y/c10-3-7-12-5-1-9-2-6-13-8-4-11;;;;;/h10-11H,1-8H2;4*1H4;/q-1;;;;;. The van der Waals surface area contributed by atoms with E-state index in [1.807, 2.05) is 0 Å². The largest absolute Gasteiger partial charge is 0.659 e. The van der Waals surface area contributed by atoms with Crippen LogP contribution in [-0.2, 0) is 42.2 Å². The Hall–Kier alpha value is 0.904. The summed E-state index contributed by atoms with van der Waals surface area (Å²) >= 11 is 0. The van der Waals surface area contributed by atoms with Crippen LogP contribution in [-0.4, -0.2) is 62.9 Å².